The summed E-state index contributed by atoms with van der Waals surface area (Å²) in [5, 5.41) is 0. The summed E-state index contributed by atoms with van der Waals surface area (Å²) < 4.78 is 31.3. The van der Waals surface area contributed by atoms with E-state index in [0.29, 0.717) is 41.7 Å². The number of halogens is 1. The third-order valence-electron chi connectivity index (χ3n) is 9.30. The van der Waals surface area contributed by atoms with E-state index in [4.69, 9.17) is 14.2 Å². The van der Waals surface area contributed by atoms with Crippen LogP contribution in [-0.4, -0.2) is 66.0 Å². The average molecular weight is 725 g/mol. The van der Waals surface area contributed by atoms with Crippen LogP contribution in [0, 0.1) is 11.7 Å². The molecule has 0 spiro atoms. The van der Waals surface area contributed by atoms with Crippen LogP contribution in [0.4, 0.5) is 4.39 Å². The molecular formula is C43H53FN4O5. The largest absolute Gasteiger partial charge is 0.493 e. The first-order valence-corrected chi connectivity index (χ1v) is 18.4. The van der Waals surface area contributed by atoms with E-state index in [2.05, 4.69) is 30.7 Å². The maximum absolute atomic E-state index is 13.3. The molecule has 0 bridgehead atoms. The monoisotopic (exact) mass is 724 g/mol. The second-order valence-corrected chi connectivity index (χ2v) is 13.1. The molecule has 0 saturated heterocycles. The fraction of sp³-hybridized carbons (Fsp3) is 0.395. The molecule has 1 amide bonds. The van der Waals surface area contributed by atoms with Crippen molar-refractivity contribution in [2.45, 2.75) is 71.8 Å². The molecule has 0 aliphatic heterocycles. The summed E-state index contributed by atoms with van der Waals surface area (Å²) in [6.45, 7) is 7.44. The highest BCUT2D eigenvalue weighted by Crippen LogP contribution is 2.38. The van der Waals surface area contributed by atoms with E-state index in [9.17, 15) is 14.0 Å². The van der Waals surface area contributed by atoms with Gasteiger partial charge < -0.3 is 23.7 Å². The van der Waals surface area contributed by atoms with Gasteiger partial charge in [-0.25, -0.2) is 9.37 Å². The third kappa shape index (κ3) is 10.4. The normalized spacial score (nSPS) is 11.5. The van der Waals surface area contributed by atoms with Crippen molar-refractivity contribution < 1.29 is 28.2 Å². The Morgan fingerprint density at radius 3 is 2.00 bits per heavy atom. The van der Waals surface area contributed by atoms with E-state index in [1.165, 1.54) is 33.5 Å². The first-order chi connectivity index (χ1) is 25.7. The van der Waals surface area contributed by atoms with Crippen molar-refractivity contribution in [2.75, 3.05) is 34.9 Å². The molecule has 3 aromatic carbocycles. The Morgan fingerprint density at radius 1 is 0.811 bits per heavy atom. The molecule has 2 aromatic heterocycles. The van der Waals surface area contributed by atoms with E-state index >= 15 is 0 Å². The zero-order chi connectivity index (χ0) is 38.3. The van der Waals surface area contributed by atoms with Gasteiger partial charge in [-0.15, -0.1) is 0 Å². The maximum Gasteiger partial charge on any atom is 0.253 e. The Kier molecular flexibility index (Phi) is 15.4. The van der Waals surface area contributed by atoms with Crippen molar-refractivity contribution in [3.05, 3.63) is 114 Å². The van der Waals surface area contributed by atoms with Gasteiger partial charge in [-0.2, -0.15) is 0 Å². The molecule has 0 aliphatic carbocycles. The lowest BCUT2D eigenvalue weighted by molar-refractivity contribution is 0.0783. The number of imidazole rings is 1. The molecule has 0 saturated carbocycles. The van der Waals surface area contributed by atoms with Gasteiger partial charge >= 0.3 is 0 Å². The number of aromatic nitrogens is 3. The van der Waals surface area contributed by atoms with Crippen LogP contribution in [-0.2, 0) is 6.54 Å². The molecule has 5 aromatic rings. The number of para-hydroxylation sites is 2. The Balaban J connectivity index is 0.000000238. The molecule has 53 heavy (non-hydrogen) atoms. The number of pyridine rings is 1. The van der Waals surface area contributed by atoms with Crippen molar-refractivity contribution in [3.8, 4) is 17.2 Å². The zero-order valence-corrected chi connectivity index (χ0v) is 32.1. The number of nitrogens with zero attached hydrogens (tertiary/aromatic N) is 4. The summed E-state index contributed by atoms with van der Waals surface area (Å²) in [7, 11) is 6.31. The van der Waals surface area contributed by atoms with E-state index in [1.54, 1.807) is 42.4 Å². The van der Waals surface area contributed by atoms with Gasteiger partial charge in [0, 0.05) is 37.2 Å². The molecule has 0 aliphatic rings. The summed E-state index contributed by atoms with van der Waals surface area (Å²) in [6.07, 6.45) is 7.51. The van der Waals surface area contributed by atoms with Gasteiger partial charge in [0.1, 0.15) is 5.82 Å². The van der Waals surface area contributed by atoms with E-state index in [0.717, 1.165) is 60.8 Å². The maximum atomic E-state index is 13.3. The lowest BCUT2D eigenvalue weighted by Crippen LogP contribution is -2.31. The number of fused-ring (bicyclic) bond motifs is 1. The van der Waals surface area contributed by atoms with Crippen molar-refractivity contribution >= 4 is 22.7 Å². The Bertz CT molecular complexity index is 1880. The summed E-state index contributed by atoms with van der Waals surface area (Å²) in [4.78, 5) is 37.0. The van der Waals surface area contributed by atoms with Crippen LogP contribution in [0.25, 0.3) is 11.0 Å². The van der Waals surface area contributed by atoms with Crippen LogP contribution < -0.4 is 14.2 Å². The van der Waals surface area contributed by atoms with Crippen molar-refractivity contribution in [1.29, 1.82) is 0 Å². The minimum absolute atomic E-state index is 0.0503. The van der Waals surface area contributed by atoms with Crippen LogP contribution in [0.15, 0.2) is 85.1 Å². The minimum Gasteiger partial charge on any atom is -0.493 e. The predicted molar refractivity (Wildman–Crippen MR) is 208 cm³/mol. The van der Waals surface area contributed by atoms with Crippen LogP contribution in [0.2, 0.25) is 0 Å². The molecular weight excluding hydrogens is 671 g/mol. The Labute approximate surface area is 313 Å². The summed E-state index contributed by atoms with van der Waals surface area (Å²) in [5.41, 5.74) is 4.26. The van der Waals surface area contributed by atoms with Gasteiger partial charge in [0.25, 0.3) is 5.91 Å². The van der Waals surface area contributed by atoms with Gasteiger partial charge in [-0.05, 0) is 73.4 Å². The fourth-order valence-corrected chi connectivity index (χ4v) is 6.65. The molecule has 1 atom stereocenters. The lowest BCUT2D eigenvalue weighted by atomic mass is 9.93. The first kappa shape index (κ1) is 40.5. The van der Waals surface area contributed by atoms with Gasteiger partial charge in [0.15, 0.2) is 17.3 Å². The highest BCUT2D eigenvalue weighted by atomic mass is 19.1. The summed E-state index contributed by atoms with van der Waals surface area (Å²) in [6, 6.07) is 23.6. The van der Waals surface area contributed by atoms with E-state index in [1.807, 2.05) is 47.0 Å². The minimum atomic E-state index is -0.263. The number of carbonyl (C=O) groups is 2. The van der Waals surface area contributed by atoms with Crippen molar-refractivity contribution in [1.82, 2.24) is 19.4 Å². The van der Waals surface area contributed by atoms with Crippen molar-refractivity contribution in [2.24, 2.45) is 5.92 Å². The number of Topliss-reactive ketones (excluding diaryl/α,β-unsaturated/α-hetero) is 1. The quantitative estimate of drug-likeness (QED) is 0.0882. The first-order valence-electron chi connectivity index (χ1n) is 18.4. The highest BCUT2D eigenvalue weighted by molar-refractivity contribution is 5.98. The van der Waals surface area contributed by atoms with Crippen LogP contribution in [0.3, 0.4) is 0 Å². The molecule has 1 unspecified atom stereocenters. The molecule has 5 rings (SSSR count). The molecule has 0 fully saturated rings. The highest BCUT2D eigenvalue weighted by Gasteiger charge is 2.25. The van der Waals surface area contributed by atoms with Gasteiger partial charge in [-0.1, -0.05) is 70.4 Å². The van der Waals surface area contributed by atoms with Crippen LogP contribution >= 0.6 is 0 Å². The second-order valence-electron chi connectivity index (χ2n) is 13.1. The third-order valence-corrected chi connectivity index (χ3v) is 9.30. The second kappa shape index (κ2) is 20.1. The number of likely N-dealkylation sites (N-methyl/N-ethyl adjacent to an activating group) is 1. The summed E-state index contributed by atoms with van der Waals surface area (Å²) >= 11 is 0. The van der Waals surface area contributed by atoms with Gasteiger partial charge in [0.05, 0.1) is 44.6 Å². The average Bonchev–Trinajstić information content (AvgIpc) is 3.55. The molecule has 2 heterocycles. The van der Waals surface area contributed by atoms with E-state index < -0.39 is 0 Å². The number of amides is 1. The van der Waals surface area contributed by atoms with Crippen LogP contribution in [0.1, 0.15) is 97.4 Å². The Hall–Kier alpha value is -5.25. The Morgan fingerprint density at radius 2 is 1.43 bits per heavy atom. The summed E-state index contributed by atoms with van der Waals surface area (Å²) in [5.74, 6) is 1.80. The van der Waals surface area contributed by atoms with E-state index in [-0.39, 0.29) is 29.3 Å². The standard InChI is InChI=1S/C22H28FNO4.C21H25N3O/c1-6-7-16(15-8-10-18(23)11-9-15)14-24(2)22(25)17-12-19(26-3)21(28-5)20(13-17)27-4;1-3-9-16(10-4-2)20(25)21-23-18-12-5-6-13-19(18)24(21)15-17-11-7-8-14-22-17/h8-13,16H,6-7,14H2,1-5H3;5-8,11-14,16H,3-4,9-10,15H2,1-2H3. The molecule has 9 nitrogen and oxygen atoms in total. The lowest BCUT2D eigenvalue weighted by Gasteiger charge is -2.25. The molecule has 0 N–H and O–H groups in total. The number of methoxy groups -OCH3 is 3. The van der Waals surface area contributed by atoms with Crippen molar-refractivity contribution in [3.63, 3.8) is 0 Å². The number of benzene rings is 3. The van der Waals surface area contributed by atoms with Gasteiger partial charge in [0.2, 0.25) is 11.5 Å². The molecule has 282 valence electrons. The smallest absolute Gasteiger partial charge is 0.253 e. The number of carbonyl (C=O) groups excluding carboxylic acids is 2. The fourth-order valence-electron chi connectivity index (χ4n) is 6.65. The number of hydrogen-bond acceptors (Lipinski definition) is 7. The number of ketones is 1. The molecule has 0 radical (unpaired) electrons. The topological polar surface area (TPSA) is 95.8 Å². The van der Waals surface area contributed by atoms with Gasteiger partial charge in [-0.3, -0.25) is 14.6 Å². The molecule has 10 heteroatoms. The number of hydrogen-bond donors (Lipinski definition) is 0. The predicted octanol–water partition coefficient (Wildman–Crippen LogP) is 9.39. The van der Waals surface area contributed by atoms with Crippen LogP contribution in [0.5, 0.6) is 17.2 Å². The SMILES string of the molecule is CCCC(CCC)C(=O)c1nc2ccccc2n1Cc1ccccn1.CCCC(CN(C)C(=O)c1cc(OC)c(OC)c(OC)c1)c1ccc(F)cc1. The zero-order valence-electron chi connectivity index (χ0n) is 32.1. The number of ether oxygens (including phenoxy) is 3. The number of rotatable bonds is 17.